The molecule has 1 aliphatic carbocycles. The number of carbonyl (C=O) groups is 2. The van der Waals surface area contributed by atoms with E-state index in [1.165, 1.54) is 12.8 Å². The van der Waals surface area contributed by atoms with Gasteiger partial charge in [0, 0.05) is 36.8 Å². The molecule has 0 aromatic heterocycles. The number of hydrogen-bond donors (Lipinski definition) is 1. The highest BCUT2D eigenvalue weighted by molar-refractivity contribution is 5.98. The zero-order chi connectivity index (χ0) is 21.2. The maximum Gasteiger partial charge on any atom is 0.227 e. The van der Waals surface area contributed by atoms with Crippen LogP contribution in [0.1, 0.15) is 44.9 Å². The maximum absolute atomic E-state index is 12.7. The molecule has 30 heavy (non-hydrogen) atoms. The first kappa shape index (κ1) is 21.4. The van der Waals surface area contributed by atoms with Crippen LogP contribution in [0, 0.1) is 11.3 Å². The third-order valence-corrected chi connectivity index (χ3v) is 5.10. The highest BCUT2D eigenvalue weighted by Gasteiger charge is 2.18. The molecule has 2 aromatic carbocycles. The molecular formula is C24H27N3O3. The minimum absolute atomic E-state index is 0.0719. The summed E-state index contributed by atoms with van der Waals surface area (Å²) in [5, 5.41) is 11.7. The molecule has 0 saturated heterocycles. The van der Waals surface area contributed by atoms with E-state index in [2.05, 4.69) is 11.4 Å². The fraction of sp³-hybridized carbons (Fsp3) is 0.375. The Balaban J connectivity index is 1.53. The number of nitriles is 1. The minimum Gasteiger partial charge on any atom is -0.490 e. The summed E-state index contributed by atoms with van der Waals surface area (Å²) in [6.45, 7) is 0.307. The quantitative estimate of drug-likeness (QED) is 0.657. The van der Waals surface area contributed by atoms with Crippen LogP contribution in [0.4, 0.5) is 11.4 Å². The smallest absolute Gasteiger partial charge is 0.227 e. The molecule has 0 heterocycles. The summed E-state index contributed by atoms with van der Waals surface area (Å²) in [4.78, 5) is 26.6. The Bertz CT molecular complexity index is 886. The second kappa shape index (κ2) is 11.0. The number of anilines is 2. The zero-order valence-corrected chi connectivity index (χ0v) is 17.0. The van der Waals surface area contributed by atoms with Crippen molar-refractivity contribution in [3.63, 3.8) is 0 Å². The van der Waals surface area contributed by atoms with E-state index in [9.17, 15) is 9.59 Å². The summed E-state index contributed by atoms with van der Waals surface area (Å²) < 4.78 is 5.98. The lowest BCUT2D eigenvalue weighted by Crippen LogP contribution is -2.32. The van der Waals surface area contributed by atoms with Crippen LogP contribution in [-0.2, 0) is 9.59 Å². The number of amides is 2. The molecule has 0 unspecified atom stereocenters. The van der Waals surface area contributed by atoms with Crippen molar-refractivity contribution in [1.29, 1.82) is 5.26 Å². The average Bonchev–Trinajstić information content (AvgIpc) is 3.26. The van der Waals surface area contributed by atoms with Crippen LogP contribution in [0.2, 0.25) is 0 Å². The fourth-order valence-corrected chi connectivity index (χ4v) is 3.59. The molecule has 1 saturated carbocycles. The summed E-state index contributed by atoms with van der Waals surface area (Å²) in [6, 6.07) is 18.6. The summed E-state index contributed by atoms with van der Waals surface area (Å²) >= 11 is 0. The van der Waals surface area contributed by atoms with Gasteiger partial charge in [-0.25, -0.2) is 0 Å². The first-order valence-electron chi connectivity index (χ1n) is 10.4. The molecule has 2 aromatic rings. The highest BCUT2D eigenvalue weighted by Crippen LogP contribution is 2.26. The summed E-state index contributed by atoms with van der Waals surface area (Å²) in [6.07, 6.45) is 5.18. The van der Waals surface area contributed by atoms with E-state index in [1.54, 1.807) is 4.90 Å². The average molecular weight is 405 g/mol. The highest BCUT2D eigenvalue weighted by atomic mass is 16.5. The van der Waals surface area contributed by atoms with Gasteiger partial charge in [-0.2, -0.15) is 5.26 Å². The van der Waals surface area contributed by atoms with E-state index in [4.69, 9.17) is 10.00 Å². The van der Waals surface area contributed by atoms with Gasteiger partial charge in [0.2, 0.25) is 11.8 Å². The molecule has 0 radical (unpaired) electrons. The van der Waals surface area contributed by atoms with Crippen molar-refractivity contribution >= 4 is 23.2 Å². The first-order valence-corrected chi connectivity index (χ1v) is 10.4. The van der Waals surface area contributed by atoms with Gasteiger partial charge in [-0.15, -0.1) is 0 Å². The lowest BCUT2D eigenvalue weighted by molar-refractivity contribution is -0.122. The number of nitrogens with one attached hydrogen (secondary N) is 1. The van der Waals surface area contributed by atoms with Gasteiger partial charge in [0.25, 0.3) is 0 Å². The van der Waals surface area contributed by atoms with E-state index < -0.39 is 0 Å². The maximum atomic E-state index is 12.7. The van der Waals surface area contributed by atoms with Crippen LogP contribution < -0.4 is 15.0 Å². The molecule has 0 aliphatic heterocycles. The van der Waals surface area contributed by atoms with Crippen LogP contribution in [0.15, 0.2) is 54.6 Å². The number of ether oxygens (including phenoxy) is 1. The second-order valence-electron chi connectivity index (χ2n) is 7.39. The van der Waals surface area contributed by atoms with Gasteiger partial charge >= 0.3 is 0 Å². The topological polar surface area (TPSA) is 82.4 Å². The Hall–Kier alpha value is -3.33. The number of rotatable bonds is 9. The molecule has 156 valence electrons. The van der Waals surface area contributed by atoms with Crippen LogP contribution in [0.5, 0.6) is 5.75 Å². The van der Waals surface area contributed by atoms with E-state index >= 15 is 0 Å². The summed E-state index contributed by atoms with van der Waals surface area (Å²) in [5.41, 5.74) is 1.39. The molecule has 6 nitrogen and oxygen atoms in total. The van der Waals surface area contributed by atoms with E-state index in [-0.39, 0.29) is 37.2 Å². The standard InChI is InChI=1S/C24H27N3O3/c25-16-7-17-27(20-9-2-1-3-10-20)24(29)15-14-23(28)26-19-8-6-13-22(18-19)30-21-11-4-5-12-21/h1-3,6,8-10,13,18,21H,4-5,7,11-12,14-15,17H2,(H,26,28). The lowest BCUT2D eigenvalue weighted by atomic mass is 10.2. The van der Waals surface area contributed by atoms with Crippen LogP contribution in [0.25, 0.3) is 0 Å². The van der Waals surface area contributed by atoms with E-state index in [1.807, 2.05) is 54.6 Å². The fourth-order valence-electron chi connectivity index (χ4n) is 3.59. The van der Waals surface area contributed by atoms with Crippen molar-refractivity contribution in [1.82, 2.24) is 0 Å². The molecule has 0 bridgehead atoms. The van der Waals surface area contributed by atoms with Crippen molar-refractivity contribution in [2.75, 3.05) is 16.8 Å². The van der Waals surface area contributed by atoms with Gasteiger partial charge in [0.1, 0.15) is 5.75 Å². The van der Waals surface area contributed by atoms with Gasteiger partial charge in [-0.1, -0.05) is 24.3 Å². The van der Waals surface area contributed by atoms with Crippen molar-refractivity contribution in [2.45, 2.75) is 51.0 Å². The second-order valence-corrected chi connectivity index (χ2v) is 7.39. The zero-order valence-electron chi connectivity index (χ0n) is 17.0. The molecule has 0 spiro atoms. The van der Waals surface area contributed by atoms with Crippen molar-refractivity contribution in [2.24, 2.45) is 0 Å². The molecule has 1 aliphatic rings. The van der Waals surface area contributed by atoms with E-state index in [0.29, 0.717) is 12.2 Å². The summed E-state index contributed by atoms with van der Waals surface area (Å²) in [7, 11) is 0. The Morgan fingerprint density at radius 3 is 2.57 bits per heavy atom. The third-order valence-electron chi connectivity index (χ3n) is 5.10. The van der Waals surface area contributed by atoms with Gasteiger partial charge in [-0.3, -0.25) is 9.59 Å². The SMILES string of the molecule is N#CCCN(C(=O)CCC(=O)Nc1cccc(OC2CCCC2)c1)c1ccccc1. The normalized spacial score (nSPS) is 13.4. The minimum atomic E-state index is -0.227. The molecule has 1 fully saturated rings. The number of carbonyl (C=O) groups excluding carboxylic acids is 2. The monoisotopic (exact) mass is 405 g/mol. The van der Waals surface area contributed by atoms with Crippen molar-refractivity contribution < 1.29 is 14.3 Å². The van der Waals surface area contributed by atoms with Crippen LogP contribution >= 0.6 is 0 Å². The Morgan fingerprint density at radius 2 is 1.83 bits per heavy atom. The molecule has 6 heteroatoms. The Morgan fingerprint density at radius 1 is 1.07 bits per heavy atom. The van der Waals surface area contributed by atoms with Crippen molar-refractivity contribution in [3.05, 3.63) is 54.6 Å². The van der Waals surface area contributed by atoms with Gasteiger partial charge in [-0.05, 0) is 49.9 Å². The molecule has 2 amide bonds. The van der Waals surface area contributed by atoms with Gasteiger partial charge in [0.05, 0.1) is 18.6 Å². The number of benzene rings is 2. The third kappa shape index (κ3) is 6.35. The molecule has 1 N–H and O–H groups in total. The predicted octanol–water partition coefficient (Wildman–Crippen LogP) is 4.67. The predicted molar refractivity (Wildman–Crippen MR) is 116 cm³/mol. The van der Waals surface area contributed by atoms with Crippen LogP contribution in [0.3, 0.4) is 0 Å². The van der Waals surface area contributed by atoms with Crippen LogP contribution in [-0.4, -0.2) is 24.5 Å². The van der Waals surface area contributed by atoms with E-state index in [0.717, 1.165) is 24.3 Å². The molecule has 0 atom stereocenters. The summed E-state index contributed by atoms with van der Waals surface area (Å²) in [5.74, 6) is 0.349. The van der Waals surface area contributed by atoms with Crippen molar-refractivity contribution in [3.8, 4) is 11.8 Å². The first-order chi connectivity index (χ1) is 14.7. The number of hydrogen-bond acceptors (Lipinski definition) is 4. The Kier molecular flexibility index (Phi) is 7.85. The number of para-hydroxylation sites is 1. The Labute approximate surface area is 177 Å². The molecule has 3 rings (SSSR count). The molecular weight excluding hydrogens is 378 g/mol. The van der Waals surface area contributed by atoms with Gasteiger partial charge < -0.3 is 15.0 Å². The largest absolute Gasteiger partial charge is 0.490 e. The lowest BCUT2D eigenvalue weighted by Gasteiger charge is -2.21. The van der Waals surface area contributed by atoms with Gasteiger partial charge in [0.15, 0.2) is 0 Å². The number of nitrogens with zero attached hydrogens (tertiary/aromatic N) is 2.